The van der Waals surface area contributed by atoms with Crippen LogP contribution in [-0.2, 0) is 9.59 Å². The van der Waals surface area contributed by atoms with Crippen molar-refractivity contribution < 1.29 is 9.59 Å². The number of hydrogen-bond acceptors (Lipinski definition) is 3. The van der Waals surface area contributed by atoms with Gasteiger partial charge < -0.3 is 10.2 Å². The quantitative estimate of drug-likeness (QED) is 0.863. The van der Waals surface area contributed by atoms with Crippen LogP contribution in [0, 0.1) is 11.3 Å². The van der Waals surface area contributed by atoms with Crippen molar-refractivity contribution in [2.24, 2.45) is 0 Å². The van der Waals surface area contributed by atoms with Crippen molar-refractivity contribution in [3.8, 4) is 6.07 Å². The van der Waals surface area contributed by atoms with Crippen LogP contribution in [0.5, 0.6) is 0 Å². The predicted octanol–water partition coefficient (Wildman–Crippen LogP) is 2.15. The molecule has 0 aromatic heterocycles. The van der Waals surface area contributed by atoms with Crippen LogP contribution in [0.15, 0.2) is 24.3 Å². The monoisotopic (exact) mass is 273 g/mol. The highest BCUT2D eigenvalue weighted by atomic mass is 16.2. The second-order valence-corrected chi connectivity index (χ2v) is 4.30. The van der Waals surface area contributed by atoms with Crippen molar-refractivity contribution in [1.82, 2.24) is 4.90 Å². The Bertz CT molecular complexity index is 499. The molecule has 20 heavy (non-hydrogen) atoms. The minimum atomic E-state index is -0.199. The van der Waals surface area contributed by atoms with E-state index in [0.29, 0.717) is 24.3 Å². The first-order valence-electron chi connectivity index (χ1n) is 6.68. The summed E-state index contributed by atoms with van der Waals surface area (Å²) in [5, 5.41) is 11.4. The van der Waals surface area contributed by atoms with Gasteiger partial charge in [0.25, 0.3) is 0 Å². The maximum atomic E-state index is 11.8. The van der Waals surface area contributed by atoms with Gasteiger partial charge in [-0.1, -0.05) is 0 Å². The predicted molar refractivity (Wildman–Crippen MR) is 76.9 cm³/mol. The maximum Gasteiger partial charge on any atom is 0.224 e. The molecule has 0 radical (unpaired) electrons. The molecule has 2 amide bonds. The Labute approximate surface area is 119 Å². The molecule has 5 nitrogen and oxygen atoms in total. The Morgan fingerprint density at radius 3 is 2.25 bits per heavy atom. The summed E-state index contributed by atoms with van der Waals surface area (Å²) in [5.41, 5.74) is 1.17. The summed E-state index contributed by atoms with van der Waals surface area (Å²) >= 11 is 0. The molecule has 1 aromatic carbocycles. The third kappa shape index (κ3) is 4.73. The Balaban J connectivity index is 2.43. The number of hydrogen-bond donors (Lipinski definition) is 1. The molecule has 0 spiro atoms. The van der Waals surface area contributed by atoms with Gasteiger partial charge in [0.15, 0.2) is 0 Å². The van der Waals surface area contributed by atoms with E-state index in [9.17, 15) is 9.59 Å². The van der Waals surface area contributed by atoms with E-state index in [1.54, 1.807) is 29.2 Å². The standard InChI is InChI=1S/C15H19N3O2/c1-3-18(4-2)15(20)10-9-14(19)17-13-7-5-12(11-16)6-8-13/h5-8H,3-4,9-10H2,1-2H3,(H,17,19). The maximum absolute atomic E-state index is 11.8. The van der Waals surface area contributed by atoms with Gasteiger partial charge in [-0.15, -0.1) is 0 Å². The molecule has 1 aromatic rings. The minimum absolute atomic E-state index is 0.00928. The molecule has 0 heterocycles. The third-order valence-electron chi connectivity index (χ3n) is 2.98. The smallest absolute Gasteiger partial charge is 0.224 e. The molecule has 106 valence electrons. The molecule has 0 fully saturated rings. The third-order valence-corrected chi connectivity index (χ3v) is 2.98. The summed E-state index contributed by atoms with van der Waals surface area (Å²) in [7, 11) is 0. The van der Waals surface area contributed by atoms with Gasteiger partial charge in [0.2, 0.25) is 11.8 Å². The summed E-state index contributed by atoms with van der Waals surface area (Å²) in [6.45, 7) is 5.15. The molecule has 0 aliphatic rings. The zero-order valence-electron chi connectivity index (χ0n) is 11.8. The molecule has 1 N–H and O–H groups in total. The first kappa shape index (κ1) is 15.7. The SMILES string of the molecule is CCN(CC)C(=O)CCC(=O)Nc1ccc(C#N)cc1. The normalized spacial score (nSPS) is 9.65. The molecular weight excluding hydrogens is 254 g/mol. The Hall–Kier alpha value is -2.35. The summed E-state index contributed by atoms with van der Waals surface area (Å²) < 4.78 is 0. The van der Waals surface area contributed by atoms with Crippen molar-refractivity contribution in [2.75, 3.05) is 18.4 Å². The van der Waals surface area contributed by atoms with Crippen LogP contribution in [0.3, 0.4) is 0 Å². The first-order valence-corrected chi connectivity index (χ1v) is 6.68. The highest BCUT2D eigenvalue weighted by Crippen LogP contribution is 2.09. The van der Waals surface area contributed by atoms with E-state index in [4.69, 9.17) is 5.26 Å². The van der Waals surface area contributed by atoms with E-state index >= 15 is 0 Å². The minimum Gasteiger partial charge on any atom is -0.343 e. The molecule has 0 aliphatic heterocycles. The van der Waals surface area contributed by atoms with Gasteiger partial charge in [-0.2, -0.15) is 5.26 Å². The number of rotatable bonds is 6. The number of carbonyl (C=O) groups is 2. The van der Waals surface area contributed by atoms with E-state index in [-0.39, 0.29) is 24.7 Å². The lowest BCUT2D eigenvalue weighted by atomic mass is 10.2. The molecular formula is C15H19N3O2. The molecule has 0 atom stereocenters. The molecule has 5 heteroatoms. The lowest BCUT2D eigenvalue weighted by Gasteiger charge is -2.18. The van der Waals surface area contributed by atoms with Crippen LogP contribution in [0.2, 0.25) is 0 Å². The highest BCUT2D eigenvalue weighted by molar-refractivity contribution is 5.93. The lowest BCUT2D eigenvalue weighted by molar-refractivity contribution is -0.132. The van der Waals surface area contributed by atoms with Crippen molar-refractivity contribution in [3.63, 3.8) is 0 Å². The van der Waals surface area contributed by atoms with E-state index in [0.717, 1.165) is 0 Å². The van der Waals surface area contributed by atoms with Crippen LogP contribution >= 0.6 is 0 Å². The average molecular weight is 273 g/mol. The number of nitrogens with zero attached hydrogens (tertiary/aromatic N) is 2. The van der Waals surface area contributed by atoms with Crippen LogP contribution in [-0.4, -0.2) is 29.8 Å². The van der Waals surface area contributed by atoms with Crippen LogP contribution in [0.25, 0.3) is 0 Å². The highest BCUT2D eigenvalue weighted by Gasteiger charge is 2.11. The van der Waals surface area contributed by atoms with Crippen LogP contribution in [0.4, 0.5) is 5.69 Å². The number of nitriles is 1. The summed E-state index contributed by atoms with van der Waals surface area (Å²) in [6, 6.07) is 8.62. The van der Waals surface area contributed by atoms with Gasteiger partial charge >= 0.3 is 0 Å². The number of nitrogens with one attached hydrogen (secondary N) is 1. The fourth-order valence-corrected chi connectivity index (χ4v) is 1.81. The number of benzene rings is 1. The fraction of sp³-hybridized carbons (Fsp3) is 0.400. The Kier molecular flexibility index (Phi) is 6.24. The fourth-order valence-electron chi connectivity index (χ4n) is 1.81. The number of anilines is 1. The Morgan fingerprint density at radius 1 is 1.15 bits per heavy atom. The van der Waals surface area contributed by atoms with Crippen molar-refractivity contribution >= 4 is 17.5 Å². The van der Waals surface area contributed by atoms with Gasteiger partial charge in [0, 0.05) is 31.6 Å². The van der Waals surface area contributed by atoms with Crippen molar-refractivity contribution in [1.29, 1.82) is 5.26 Å². The summed E-state index contributed by atoms with van der Waals surface area (Å²) in [4.78, 5) is 25.2. The number of amides is 2. The number of carbonyl (C=O) groups excluding carboxylic acids is 2. The van der Waals surface area contributed by atoms with Gasteiger partial charge in [0.1, 0.15) is 0 Å². The summed E-state index contributed by atoms with van der Waals surface area (Å²) in [5.74, 6) is -0.208. The average Bonchev–Trinajstić information content (AvgIpc) is 2.47. The van der Waals surface area contributed by atoms with E-state index in [1.807, 2.05) is 19.9 Å². The van der Waals surface area contributed by atoms with Crippen molar-refractivity contribution in [2.45, 2.75) is 26.7 Å². The van der Waals surface area contributed by atoms with E-state index in [1.165, 1.54) is 0 Å². The molecule has 0 aliphatic carbocycles. The zero-order chi connectivity index (χ0) is 15.0. The van der Waals surface area contributed by atoms with Gasteiger partial charge in [-0.05, 0) is 38.1 Å². The topological polar surface area (TPSA) is 73.2 Å². The molecule has 1 rings (SSSR count). The second kappa shape index (κ2) is 7.95. The van der Waals surface area contributed by atoms with Crippen molar-refractivity contribution in [3.05, 3.63) is 29.8 Å². The molecule has 0 unspecified atom stereocenters. The zero-order valence-corrected chi connectivity index (χ0v) is 11.8. The largest absolute Gasteiger partial charge is 0.343 e. The molecule has 0 bridgehead atoms. The Morgan fingerprint density at radius 2 is 1.75 bits per heavy atom. The van der Waals surface area contributed by atoms with Gasteiger partial charge in [-0.3, -0.25) is 9.59 Å². The molecule has 0 saturated carbocycles. The van der Waals surface area contributed by atoms with E-state index < -0.39 is 0 Å². The first-order chi connectivity index (χ1) is 9.60. The molecule has 0 saturated heterocycles. The van der Waals surface area contributed by atoms with Crippen LogP contribution < -0.4 is 5.32 Å². The summed E-state index contributed by atoms with van der Waals surface area (Å²) in [6.07, 6.45) is 0.374. The van der Waals surface area contributed by atoms with E-state index in [2.05, 4.69) is 5.32 Å². The lowest BCUT2D eigenvalue weighted by Crippen LogP contribution is -2.31. The van der Waals surface area contributed by atoms with Crippen LogP contribution in [0.1, 0.15) is 32.3 Å². The second-order valence-electron chi connectivity index (χ2n) is 4.30. The van der Waals surface area contributed by atoms with Gasteiger partial charge in [0.05, 0.1) is 11.6 Å². The van der Waals surface area contributed by atoms with Gasteiger partial charge in [-0.25, -0.2) is 0 Å².